The normalized spacial score (nSPS) is 32.8. The second-order valence-electron chi connectivity index (χ2n) is 21.0. The van der Waals surface area contributed by atoms with Crippen molar-refractivity contribution in [2.45, 2.75) is 186 Å². The van der Waals surface area contributed by atoms with E-state index in [0.717, 1.165) is 31.6 Å². The molecule has 4 fully saturated rings. The third-order valence-electron chi connectivity index (χ3n) is 14.9. The second-order valence-corrected chi connectivity index (χ2v) is 24.0. The molecule has 0 aliphatic carbocycles. The van der Waals surface area contributed by atoms with Gasteiger partial charge in [0.15, 0.2) is 0 Å². The molecule has 0 radical (unpaired) electrons. The van der Waals surface area contributed by atoms with Gasteiger partial charge in [0.1, 0.15) is 13.3 Å². The van der Waals surface area contributed by atoms with Crippen LogP contribution in [0.5, 0.6) is 0 Å². The SMILES string of the molecule is CC[C@H](C)C1O[C@H](O[C@H]2C([C@H]3COC(C)(C)O3)O[C@@](OCN(Cc3ccccc3)C(=O)OCc3ccccc3)(C(=O)OC)C[C@H]2C)C(OC(C)=O)[C@@H](O[C@H]2O[C@@H]([C@@H](C)CC)[C@@H](PBB=O)C(C)C2OC(C)=O)[C@@H]1PBB=O. The van der Waals surface area contributed by atoms with Gasteiger partial charge < -0.3 is 9.47 Å². The van der Waals surface area contributed by atoms with Gasteiger partial charge in [-0.3, -0.25) is 4.90 Å². The maximum atomic E-state index is 14.3. The molecule has 4 aliphatic rings. The van der Waals surface area contributed by atoms with Crippen molar-refractivity contribution in [3.63, 3.8) is 0 Å². The van der Waals surface area contributed by atoms with Crippen molar-refractivity contribution < 1.29 is 85.4 Å². The number of carbonyl (C=O) groups is 4. The van der Waals surface area contributed by atoms with Crippen LogP contribution >= 0.6 is 16.9 Å². The summed E-state index contributed by atoms with van der Waals surface area (Å²) in [6.45, 7) is 18.1. The molecule has 0 saturated carbocycles. The van der Waals surface area contributed by atoms with E-state index in [4.69, 9.17) is 56.8 Å². The number of benzene rings is 2. The van der Waals surface area contributed by atoms with Crippen LogP contribution in [0.4, 0.5) is 4.79 Å². The van der Waals surface area contributed by atoms with Crippen molar-refractivity contribution in [3.8, 4) is 0 Å². The minimum absolute atomic E-state index is 0.00294. The molecule has 2 aromatic carbocycles. The number of amides is 1. The predicted octanol–water partition coefficient (Wildman–Crippen LogP) is 5.78. The van der Waals surface area contributed by atoms with Crippen LogP contribution in [-0.2, 0) is 93.8 Å². The zero-order chi connectivity index (χ0) is 56.0. The summed E-state index contributed by atoms with van der Waals surface area (Å²) in [4.78, 5) is 55.9. The van der Waals surface area contributed by atoms with Gasteiger partial charge in [-0.15, -0.1) is 0 Å². The van der Waals surface area contributed by atoms with Gasteiger partial charge in [-0.25, -0.2) is 9.59 Å². The Balaban J connectivity index is 1.39. The first-order valence-corrected chi connectivity index (χ1v) is 29.4. The Kier molecular flexibility index (Phi) is 23.9. The molecule has 19 nitrogen and oxygen atoms in total. The minimum atomic E-state index is -2.14. The average Bonchev–Trinajstić information content (AvgIpc) is 3.79. The summed E-state index contributed by atoms with van der Waals surface area (Å²) in [5.74, 6) is -6.47. The van der Waals surface area contributed by atoms with E-state index < -0.39 is 115 Å². The summed E-state index contributed by atoms with van der Waals surface area (Å²) in [6.07, 6.45) is -9.44. The topological polar surface area (TPSA) is 216 Å². The fourth-order valence-electron chi connectivity index (χ4n) is 10.6. The van der Waals surface area contributed by atoms with Crippen LogP contribution in [-0.4, -0.2) is 162 Å². The molecule has 77 heavy (non-hydrogen) atoms. The van der Waals surface area contributed by atoms with E-state index in [1.165, 1.54) is 25.9 Å². The first kappa shape index (κ1) is 62.7. The molecule has 0 spiro atoms. The Morgan fingerprint density at radius 1 is 0.766 bits per heavy atom. The number of hydrogen-bond acceptors (Lipinski definition) is 18. The Bertz CT molecular complexity index is 2250. The van der Waals surface area contributed by atoms with Gasteiger partial charge in [0.25, 0.3) is 0 Å². The average molecular weight is 1110 g/mol. The van der Waals surface area contributed by atoms with Crippen LogP contribution in [0.15, 0.2) is 60.7 Å². The molecule has 0 aromatic heterocycles. The van der Waals surface area contributed by atoms with Crippen molar-refractivity contribution in [3.05, 3.63) is 71.8 Å². The van der Waals surface area contributed by atoms with E-state index in [-0.39, 0.29) is 73.4 Å². The number of esters is 3. The van der Waals surface area contributed by atoms with E-state index in [2.05, 4.69) is 13.8 Å². The summed E-state index contributed by atoms with van der Waals surface area (Å²) in [5.41, 5.74) is 0.836. The van der Waals surface area contributed by atoms with Gasteiger partial charge in [-0.2, -0.15) is 0 Å². The van der Waals surface area contributed by atoms with E-state index >= 15 is 0 Å². The molecule has 7 unspecified atom stereocenters. The van der Waals surface area contributed by atoms with Gasteiger partial charge in [0, 0.05) is 0 Å². The number of methoxy groups -OCH3 is 1. The number of carbonyl (C=O) groups excluding carboxylic acids is 4. The first-order valence-electron chi connectivity index (χ1n) is 26.8. The van der Waals surface area contributed by atoms with Crippen LogP contribution in [0.2, 0.25) is 0 Å². The van der Waals surface area contributed by atoms with Crippen molar-refractivity contribution >= 4 is 68.8 Å². The zero-order valence-corrected chi connectivity index (χ0v) is 48.3. The molecule has 4 saturated heterocycles. The third kappa shape index (κ3) is 16.3. The van der Waals surface area contributed by atoms with Gasteiger partial charge in [-0.05, 0) is 25.0 Å². The Morgan fingerprint density at radius 2 is 1.31 bits per heavy atom. The monoisotopic (exact) mass is 1110 g/mol. The summed E-state index contributed by atoms with van der Waals surface area (Å²) in [5, 5.41) is 0. The molecule has 1 amide bonds. The second kappa shape index (κ2) is 29.3. The van der Waals surface area contributed by atoms with Gasteiger partial charge >= 0.3 is 324 Å². The molecule has 4 heterocycles. The summed E-state index contributed by atoms with van der Waals surface area (Å²) in [6, 6.07) is 18.5. The Labute approximate surface area is 459 Å². The molecule has 420 valence electrons. The van der Waals surface area contributed by atoms with Crippen LogP contribution in [0.1, 0.15) is 99.6 Å². The number of nitrogens with zero attached hydrogens (tertiary/aromatic N) is 1. The Hall–Kier alpha value is -3.48. The van der Waals surface area contributed by atoms with Crippen LogP contribution in [0.25, 0.3) is 0 Å². The molecule has 0 N–H and O–H groups in total. The molecule has 2 aromatic rings. The van der Waals surface area contributed by atoms with Crippen molar-refractivity contribution in [1.29, 1.82) is 0 Å². The van der Waals surface area contributed by atoms with Gasteiger partial charge in [0.2, 0.25) is 0 Å². The molecular weight excluding hydrogens is 1030 g/mol. The standard InChI is InChI=1S/C52H77B4NO18P2/c1-12-29(3)39-45(76-55-53-62)32(6)41(68-33(7)58)47(71-39)73-43-44(69-34(8)59)48(72-40(30(4)13-2)46(43)77-56-54-63)70-38-31(5)24-52(49(60)64-11,75-42(38)37-27-66-51(9,10)74-37)67-28-57(25-35-20-16-14-17-21-35)50(61)65-26-36-22-18-15-19-23-36/h14-23,29-32,37-48,55-56,76-77H,12-13,24-28H2,1-11H3/t29-,30-,31+,32?,37+,38+,39-,40?,41?,42?,43+,44?,45-,46+,47+,48-,52+/m0/s1. The van der Waals surface area contributed by atoms with Crippen LogP contribution in [0.3, 0.4) is 0 Å². The molecule has 6 rings (SSSR count). The molecule has 0 bridgehead atoms. The Morgan fingerprint density at radius 3 is 1.86 bits per heavy atom. The van der Waals surface area contributed by atoms with E-state index in [9.17, 15) is 28.6 Å². The summed E-state index contributed by atoms with van der Waals surface area (Å²) in [7, 11) is 3.04. The number of hydrogen-bond donors (Lipinski definition) is 0. The van der Waals surface area contributed by atoms with Crippen LogP contribution < -0.4 is 0 Å². The van der Waals surface area contributed by atoms with Crippen molar-refractivity contribution in [1.82, 2.24) is 4.90 Å². The molecular formula is C52H77B4NO18P2. The fraction of sp³-hybridized carbons (Fsp3) is 0.692. The summed E-state index contributed by atoms with van der Waals surface area (Å²) >= 11 is 0. The number of ether oxygens (including phenoxy) is 12. The molecule has 19 atom stereocenters. The van der Waals surface area contributed by atoms with E-state index in [1.807, 2.05) is 88.4 Å². The van der Waals surface area contributed by atoms with Crippen molar-refractivity contribution in [2.75, 3.05) is 20.4 Å². The van der Waals surface area contributed by atoms with Gasteiger partial charge in [0.05, 0.1) is 13.7 Å². The maximum absolute atomic E-state index is 14.3. The summed E-state index contributed by atoms with van der Waals surface area (Å²) < 4.78 is 102. The molecule has 25 heteroatoms. The molecule has 4 aliphatic heterocycles. The number of rotatable bonds is 25. The van der Waals surface area contributed by atoms with Gasteiger partial charge in [-0.1, -0.05) is 60.7 Å². The first-order chi connectivity index (χ1) is 36.8. The van der Waals surface area contributed by atoms with E-state index in [0.29, 0.717) is 13.3 Å². The van der Waals surface area contributed by atoms with Crippen molar-refractivity contribution in [2.24, 2.45) is 23.7 Å². The predicted molar refractivity (Wildman–Crippen MR) is 291 cm³/mol. The quantitative estimate of drug-likeness (QED) is 0.0378. The van der Waals surface area contributed by atoms with E-state index in [1.54, 1.807) is 13.8 Å². The van der Waals surface area contributed by atoms with Crippen LogP contribution in [0, 0.1) is 23.7 Å². The zero-order valence-electron chi connectivity index (χ0n) is 46.3. The third-order valence-corrected chi connectivity index (χ3v) is 18.1. The fourth-order valence-corrected chi connectivity index (χ4v) is 13.7.